The molecule has 6 aromatic rings. The molecule has 18 N–H and O–H groups in total. The summed E-state index contributed by atoms with van der Waals surface area (Å²) < 4.78 is 0. The number of aliphatic hydroxyl groups is 1. The number of aliphatic hydroxyl groups excluding tert-OH is 1. The van der Waals surface area contributed by atoms with Crippen LogP contribution in [0.2, 0.25) is 0 Å². The molecule has 8 amide bonds. The highest BCUT2D eigenvalue weighted by Gasteiger charge is 2.40. The Morgan fingerprint density at radius 3 is 1.65 bits per heavy atom. The number of benzene rings is 3. The van der Waals surface area contributed by atoms with Gasteiger partial charge in [0.05, 0.1) is 61.6 Å². The van der Waals surface area contributed by atoms with Crippen molar-refractivity contribution < 1.29 is 82.8 Å². The second-order valence-electron chi connectivity index (χ2n) is 28.8. The summed E-state index contributed by atoms with van der Waals surface area (Å²) in [5, 5.41) is 73.4. The predicted molar refractivity (Wildman–Crippen MR) is 414 cm³/mol. The average molecular weight is 1560 g/mol. The van der Waals surface area contributed by atoms with Crippen molar-refractivity contribution in [1.29, 1.82) is 0 Å². The third kappa shape index (κ3) is 26.4. The summed E-state index contributed by atoms with van der Waals surface area (Å²) in [4.78, 5) is 200. The molecule has 2 unspecified atom stereocenters. The van der Waals surface area contributed by atoms with E-state index in [0.717, 1.165) is 23.5 Å². The highest BCUT2D eigenvalue weighted by atomic mass is 32.2. The maximum absolute atomic E-state index is 15.6. The molecule has 0 bridgehead atoms. The Kier molecular flexibility index (Phi) is 33.5. The van der Waals surface area contributed by atoms with Crippen LogP contribution in [0.3, 0.4) is 0 Å². The molecule has 1 aliphatic rings. The smallest absolute Gasteiger partial charge is 0.305 e. The van der Waals surface area contributed by atoms with Gasteiger partial charge in [-0.2, -0.15) is 0 Å². The number of para-hydroxylation sites is 2. The van der Waals surface area contributed by atoms with Gasteiger partial charge < -0.3 is 83.2 Å². The number of aromatic amines is 3. The average Bonchev–Trinajstić information content (AvgIpc) is 1.62. The summed E-state index contributed by atoms with van der Waals surface area (Å²) in [6, 6.07) is 3.08. The van der Waals surface area contributed by atoms with Gasteiger partial charge in [0.2, 0.25) is 47.3 Å². The second kappa shape index (κ2) is 42.3. The number of H-pyrrole nitrogens is 3. The highest BCUT2D eigenvalue weighted by molar-refractivity contribution is 8.16. The molecular weight excluding hydrogens is 1460 g/mol. The fourth-order valence-corrected chi connectivity index (χ4v) is 15.1. The van der Waals surface area contributed by atoms with Crippen molar-refractivity contribution >= 4 is 122 Å². The number of carbonyl (C=O) groups is 13. The van der Waals surface area contributed by atoms with Gasteiger partial charge in [0.25, 0.3) is 0 Å². The number of thioether (sulfide) groups is 2. The Morgan fingerprint density at radius 1 is 0.582 bits per heavy atom. The SMILES string of the molecule is CN[C@@H](CC(=O)O)C(=O)C1CSCSCC(N[C@H](C(C)=O)[C@@H](C)O)C(=O)[C@H](Cc2c[nH]c3ccccc23)NC(=O)[C@H](C(C)C)NC(=O)[C@H](CC(C)C)NC(=O)[C@H](CCC(=O)O)NC(=O)CNC(=O)[C@H](CC(C)C)NC(=O)[C@H](Cc2cnc[nH]2)NC(=O)[C@H](Cc2c[nH]c3ccccc23)NC(=O)[C@H](Cc2ccc(O)cc2)N1. The minimum absolute atomic E-state index is 0.0256. The molecule has 32 nitrogen and oxygen atoms in total. The van der Waals surface area contributed by atoms with Gasteiger partial charge in [-0.3, -0.25) is 73.0 Å². The Morgan fingerprint density at radius 2 is 1.11 bits per heavy atom. The number of hydrogen-bond acceptors (Lipinski definition) is 21. The van der Waals surface area contributed by atoms with Gasteiger partial charge in [-0.15, -0.1) is 23.5 Å². The number of likely N-dealkylation sites (N-methyl/N-ethyl adjacent to an activating group) is 1. The number of ketones is 3. The third-order valence-electron chi connectivity index (χ3n) is 18.6. The van der Waals surface area contributed by atoms with Crippen LogP contribution in [0.5, 0.6) is 5.75 Å². The molecule has 1 saturated heterocycles. The molecule has 3 aromatic heterocycles. The number of Topliss-reactive ketones (excluding diaryl/α,β-unsaturated/α-hetero) is 3. The van der Waals surface area contributed by atoms with Crippen LogP contribution in [0.15, 0.2) is 97.7 Å². The van der Waals surface area contributed by atoms with Crippen LogP contribution in [-0.4, -0.2) is 226 Å². The fourth-order valence-electron chi connectivity index (χ4n) is 12.9. The van der Waals surface area contributed by atoms with Gasteiger partial charge in [-0.25, -0.2) is 4.98 Å². The van der Waals surface area contributed by atoms with Crippen molar-refractivity contribution in [2.45, 2.75) is 192 Å². The Labute approximate surface area is 645 Å². The number of rotatable bonds is 25. The molecule has 7 rings (SSSR count). The van der Waals surface area contributed by atoms with Crippen molar-refractivity contribution in [2.24, 2.45) is 17.8 Å². The first-order valence-corrected chi connectivity index (χ1v) is 38.9. The molecule has 596 valence electrons. The number of aliphatic carboxylic acids is 2. The lowest BCUT2D eigenvalue weighted by molar-refractivity contribution is -0.140. The van der Waals surface area contributed by atoms with E-state index in [4.69, 9.17) is 0 Å². The number of aromatic nitrogens is 4. The quantitative estimate of drug-likeness (QED) is 0.0388. The van der Waals surface area contributed by atoms with Gasteiger partial charge in [0, 0.05) is 88.4 Å². The van der Waals surface area contributed by atoms with Crippen LogP contribution >= 0.6 is 23.5 Å². The Hall–Kier alpha value is -10.0. The van der Waals surface area contributed by atoms with Crippen molar-refractivity contribution in [3.05, 3.63) is 120 Å². The number of carboxylic acids is 2. The van der Waals surface area contributed by atoms with Gasteiger partial charge in [0.15, 0.2) is 11.6 Å². The number of nitrogens with zero attached hydrogens (tertiary/aromatic N) is 1. The summed E-state index contributed by atoms with van der Waals surface area (Å²) in [7, 11) is 1.40. The molecule has 1 aliphatic heterocycles. The van der Waals surface area contributed by atoms with Crippen molar-refractivity contribution in [1.82, 2.24) is 78.4 Å². The number of aromatic hydroxyl groups is 1. The van der Waals surface area contributed by atoms with Gasteiger partial charge in [-0.05, 0) is 105 Å². The van der Waals surface area contributed by atoms with Crippen LogP contribution in [0, 0.1) is 17.8 Å². The van der Waals surface area contributed by atoms with E-state index in [0.29, 0.717) is 44.2 Å². The van der Waals surface area contributed by atoms with E-state index in [1.807, 2.05) is 12.1 Å². The molecule has 0 spiro atoms. The lowest BCUT2D eigenvalue weighted by Gasteiger charge is -2.31. The molecule has 1 fully saturated rings. The second-order valence-corrected chi connectivity index (χ2v) is 31.2. The molecule has 4 heterocycles. The Balaban J connectivity index is 1.34. The number of nitrogens with one attached hydrogen (secondary N) is 14. The summed E-state index contributed by atoms with van der Waals surface area (Å²) in [5.74, 6) is -13.5. The number of phenols is 1. The monoisotopic (exact) mass is 1560 g/mol. The maximum Gasteiger partial charge on any atom is 0.305 e. The van der Waals surface area contributed by atoms with Gasteiger partial charge in [-0.1, -0.05) is 90.1 Å². The topological polar surface area (TPSA) is 495 Å². The number of amides is 8. The van der Waals surface area contributed by atoms with E-state index in [-0.39, 0.29) is 72.7 Å². The molecular formula is C76H103N15O17S2. The van der Waals surface area contributed by atoms with Crippen molar-refractivity contribution in [2.75, 3.05) is 30.2 Å². The number of fused-ring (bicyclic) bond motifs is 2. The lowest BCUT2D eigenvalue weighted by atomic mass is 9.95. The first-order chi connectivity index (χ1) is 52.3. The summed E-state index contributed by atoms with van der Waals surface area (Å²) in [6.45, 7) is 12.1. The minimum atomic E-state index is -1.62. The molecule has 3 aromatic carbocycles. The summed E-state index contributed by atoms with van der Waals surface area (Å²) >= 11 is 2.30. The van der Waals surface area contributed by atoms with Crippen LogP contribution in [0.1, 0.15) is 110 Å². The van der Waals surface area contributed by atoms with E-state index in [2.05, 4.69) is 78.4 Å². The zero-order chi connectivity index (χ0) is 80.5. The number of imidazole rings is 1. The molecule has 0 saturated carbocycles. The fraction of sp³-hybridized carbons (Fsp3) is 0.500. The number of hydrogen-bond donors (Lipinski definition) is 18. The van der Waals surface area contributed by atoms with Gasteiger partial charge in [0.1, 0.15) is 47.8 Å². The Bertz CT molecular complexity index is 4170. The number of carboxylic acid groups (broad SMARTS) is 2. The number of carbonyl (C=O) groups excluding carboxylic acids is 11. The zero-order valence-electron chi connectivity index (χ0n) is 63.0. The predicted octanol–water partition coefficient (Wildman–Crippen LogP) is 1.73. The first-order valence-electron chi connectivity index (χ1n) is 36.6. The van der Waals surface area contributed by atoms with Crippen LogP contribution < -0.4 is 58.5 Å². The van der Waals surface area contributed by atoms with E-state index < -0.39 is 187 Å². The van der Waals surface area contributed by atoms with Crippen molar-refractivity contribution in [3.63, 3.8) is 0 Å². The van der Waals surface area contributed by atoms with E-state index in [1.165, 1.54) is 57.7 Å². The molecule has 13 atom stereocenters. The van der Waals surface area contributed by atoms with E-state index >= 15 is 19.2 Å². The molecule has 34 heteroatoms. The van der Waals surface area contributed by atoms with Gasteiger partial charge >= 0.3 is 11.9 Å². The summed E-state index contributed by atoms with van der Waals surface area (Å²) in [6.07, 6.45) is 1.99. The van der Waals surface area contributed by atoms with E-state index in [1.54, 1.807) is 90.3 Å². The largest absolute Gasteiger partial charge is 0.508 e. The van der Waals surface area contributed by atoms with Crippen molar-refractivity contribution in [3.8, 4) is 5.75 Å². The minimum Gasteiger partial charge on any atom is -0.508 e. The number of phenolic OH excluding ortho intramolecular Hbond substituents is 1. The standard InChI is InChI=1S/C76H103N15O17S2/c1-39(2)24-56-70(102)81-34-63(95)84-53(22-23-64(96)97)71(103)88-57(25-40(3)4)75(107)91-66(41(5)6)76(108)86-55(27-45-31-79-51-16-12-10-14-49(45)51)69(101)62(85-67(42(7)92)43(8)93)36-110-38-109-35-61(68(100)54(77-9)30-65(98)99)83-58(26-44-18-20-48(94)21-19-44)72(104)89-59(28-46-32-80-52-17-13-11-15-50(46)52)73(105)90-60(74(106)87-56)29-47-33-78-37-82-47/h10-21,31-33,37,39-42,53-62,66-67,77,79-80,83,85,92,94H,22-30,34-36,38H2,1-9H3,(H,78,82)(H,81,102)(H,84,95)(H,86,108)(H,87,106)(H,88,103)(H,89,104)(H,90,105)(H,91,107)(H,96,97)(H,98,99)/t42-,53+,54+,55+,56+,57+,58+,59+,60+,61?,62?,66+,67+/m1/s1. The maximum atomic E-state index is 15.6. The summed E-state index contributed by atoms with van der Waals surface area (Å²) in [5.41, 5.74) is 3.32. The molecule has 110 heavy (non-hydrogen) atoms. The van der Waals surface area contributed by atoms with Crippen LogP contribution in [0.25, 0.3) is 21.8 Å². The van der Waals surface area contributed by atoms with E-state index in [9.17, 15) is 63.6 Å². The third-order valence-corrected chi connectivity index (χ3v) is 21.1. The van der Waals surface area contributed by atoms with Crippen LogP contribution in [0.4, 0.5) is 0 Å². The first kappa shape index (κ1) is 87.2. The lowest BCUT2D eigenvalue weighted by Crippen LogP contribution is -2.61. The normalized spacial score (nSPS) is 23.0. The zero-order valence-corrected chi connectivity index (χ0v) is 64.7. The highest BCUT2D eigenvalue weighted by Crippen LogP contribution is 2.25. The van der Waals surface area contributed by atoms with Crippen LogP contribution in [-0.2, 0) is 88.0 Å². The molecule has 0 radical (unpaired) electrons. The molecule has 0 aliphatic carbocycles.